The Bertz CT molecular complexity index is 1310. The molecule has 2 aromatic carbocycles. The lowest BCUT2D eigenvalue weighted by molar-refractivity contribution is 0.0970. The molecule has 37 heavy (non-hydrogen) atoms. The molecule has 0 atom stereocenters. The average Bonchev–Trinajstić information content (AvgIpc) is 3.28. The number of nitrogens with zero attached hydrogens (tertiary/aromatic N) is 4. The molecule has 1 heterocycles. The summed E-state index contributed by atoms with van der Waals surface area (Å²) < 4.78 is 7.64. The smallest absolute Gasteiger partial charge is 0.276 e. The van der Waals surface area contributed by atoms with Crippen LogP contribution < -0.4 is 16.0 Å². The van der Waals surface area contributed by atoms with E-state index in [-0.39, 0.29) is 16.4 Å². The molecule has 11 heteroatoms. The number of amides is 2. The predicted octanol–water partition coefficient (Wildman–Crippen LogP) is 5.19. The molecule has 9 nitrogen and oxygen atoms in total. The number of imidazole rings is 1. The van der Waals surface area contributed by atoms with E-state index < -0.39 is 20.1 Å². The summed E-state index contributed by atoms with van der Waals surface area (Å²) >= 11 is 5.89. The van der Waals surface area contributed by atoms with Crippen molar-refractivity contribution in [1.82, 2.24) is 9.55 Å². The number of hydrogen-bond donors (Lipinski definition) is 2. The fourth-order valence-corrected chi connectivity index (χ4v) is 4.47. The zero-order valence-corrected chi connectivity index (χ0v) is 23.3. The fourth-order valence-electron chi connectivity index (χ4n) is 3.31. The van der Waals surface area contributed by atoms with Crippen LogP contribution in [-0.4, -0.2) is 42.8 Å². The Morgan fingerprint density at radius 1 is 1.16 bits per heavy atom. The van der Waals surface area contributed by atoms with E-state index in [1.807, 2.05) is 0 Å². The summed E-state index contributed by atoms with van der Waals surface area (Å²) in [6.07, 6.45) is 3.55. The Morgan fingerprint density at radius 2 is 1.78 bits per heavy atom. The number of carbonyl (C=O) groups is 2. The van der Waals surface area contributed by atoms with Gasteiger partial charge in [0, 0.05) is 16.4 Å². The Hall–Kier alpha value is -3.65. The Morgan fingerprint density at radius 3 is 2.32 bits per heavy atom. The maximum absolute atomic E-state index is 12.8. The summed E-state index contributed by atoms with van der Waals surface area (Å²) in [7, 11) is -1.92. The SMILES string of the molecule is CC(C)(C)[Si](C)(C)OCCN(C#N)c1ccc(-n2cnc(C(=O)Nc3ccc(Cl)cc3)c2C(N)=O)cc1. The van der Waals surface area contributed by atoms with Crippen LogP contribution in [0.4, 0.5) is 11.4 Å². The Balaban J connectivity index is 1.77. The molecule has 1 aromatic heterocycles. The second-order valence-corrected chi connectivity index (χ2v) is 15.3. The van der Waals surface area contributed by atoms with Gasteiger partial charge in [0.1, 0.15) is 12.0 Å². The van der Waals surface area contributed by atoms with Crippen LogP contribution in [0.1, 0.15) is 41.7 Å². The van der Waals surface area contributed by atoms with Crippen molar-refractivity contribution < 1.29 is 14.0 Å². The van der Waals surface area contributed by atoms with E-state index in [2.05, 4.69) is 50.4 Å². The van der Waals surface area contributed by atoms with Gasteiger partial charge in [-0.2, -0.15) is 5.26 Å². The second kappa shape index (κ2) is 11.2. The molecule has 0 aliphatic heterocycles. The number of nitrogens with two attached hydrogens (primary N) is 1. The number of halogens is 1. The van der Waals surface area contributed by atoms with E-state index in [4.69, 9.17) is 21.8 Å². The van der Waals surface area contributed by atoms with Crippen LogP contribution in [0.2, 0.25) is 23.2 Å². The highest BCUT2D eigenvalue weighted by Crippen LogP contribution is 2.36. The van der Waals surface area contributed by atoms with Gasteiger partial charge < -0.3 is 15.5 Å². The van der Waals surface area contributed by atoms with E-state index in [0.717, 1.165) is 0 Å². The number of rotatable bonds is 9. The van der Waals surface area contributed by atoms with Crippen LogP contribution in [0, 0.1) is 11.5 Å². The second-order valence-electron chi connectivity index (χ2n) is 10.0. The lowest BCUT2D eigenvalue weighted by atomic mass is 10.2. The first-order chi connectivity index (χ1) is 17.3. The van der Waals surface area contributed by atoms with Gasteiger partial charge in [-0.1, -0.05) is 32.4 Å². The molecule has 0 aliphatic carbocycles. The molecule has 194 valence electrons. The minimum absolute atomic E-state index is 0.0564. The van der Waals surface area contributed by atoms with E-state index >= 15 is 0 Å². The van der Waals surface area contributed by atoms with Gasteiger partial charge in [0.05, 0.1) is 18.8 Å². The van der Waals surface area contributed by atoms with Crippen LogP contribution in [-0.2, 0) is 4.43 Å². The van der Waals surface area contributed by atoms with Crippen molar-refractivity contribution in [2.45, 2.75) is 38.9 Å². The molecule has 3 N–H and O–H groups in total. The number of benzene rings is 2. The fraction of sp³-hybridized carbons (Fsp3) is 0.308. The van der Waals surface area contributed by atoms with Gasteiger partial charge in [-0.25, -0.2) is 4.98 Å². The van der Waals surface area contributed by atoms with E-state index in [0.29, 0.717) is 35.2 Å². The number of primary amides is 1. The molecule has 3 rings (SSSR count). The summed E-state index contributed by atoms with van der Waals surface area (Å²) in [4.78, 5) is 30.8. The van der Waals surface area contributed by atoms with Crippen molar-refractivity contribution in [3.05, 3.63) is 71.3 Å². The highest BCUT2D eigenvalue weighted by atomic mass is 35.5. The van der Waals surface area contributed by atoms with Crippen molar-refractivity contribution in [2.75, 3.05) is 23.4 Å². The number of aromatic nitrogens is 2. The van der Waals surface area contributed by atoms with E-state index in [1.54, 1.807) is 53.4 Å². The Labute approximate surface area is 222 Å². The van der Waals surface area contributed by atoms with Gasteiger partial charge in [-0.05, 0) is 66.7 Å². The molecule has 0 saturated carbocycles. The van der Waals surface area contributed by atoms with Crippen LogP contribution in [0.5, 0.6) is 0 Å². The minimum Gasteiger partial charge on any atom is -0.415 e. The first-order valence-corrected chi connectivity index (χ1v) is 15.0. The Kier molecular flexibility index (Phi) is 8.43. The number of anilines is 2. The molecule has 0 unspecified atom stereocenters. The normalized spacial score (nSPS) is 11.6. The zero-order valence-electron chi connectivity index (χ0n) is 21.6. The monoisotopic (exact) mass is 538 g/mol. The van der Waals surface area contributed by atoms with Gasteiger partial charge in [0.25, 0.3) is 11.8 Å². The van der Waals surface area contributed by atoms with Gasteiger partial charge in [-0.15, -0.1) is 0 Å². The predicted molar refractivity (Wildman–Crippen MR) is 148 cm³/mol. The molecule has 0 bridgehead atoms. The van der Waals surface area contributed by atoms with Crippen molar-refractivity contribution in [3.8, 4) is 11.9 Å². The van der Waals surface area contributed by atoms with Crippen LogP contribution in [0.15, 0.2) is 54.9 Å². The summed E-state index contributed by atoms with van der Waals surface area (Å²) in [5.74, 6) is -1.38. The number of nitriles is 1. The standard InChI is InChI=1S/C26H31ClN6O3Si/c1-26(2,3)37(4,5)36-15-14-32(16-28)20-10-12-21(13-11-20)33-17-30-22(23(33)24(29)34)25(35)31-19-8-6-18(27)7-9-19/h6-13,17H,14-15H2,1-5H3,(H2,29,34)(H,31,35). The van der Waals surface area contributed by atoms with Crippen LogP contribution >= 0.6 is 11.6 Å². The largest absolute Gasteiger partial charge is 0.415 e. The lowest BCUT2D eigenvalue weighted by Crippen LogP contribution is -2.42. The first-order valence-electron chi connectivity index (χ1n) is 11.7. The van der Waals surface area contributed by atoms with Crippen molar-refractivity contribution in [3.63, 3.8) is 0 Å². The summed E-state index contributed by atoms with van der Waals surface area (Å²) in [5.41, 5.74) is 7.18. The van der Waals surface area contributed by atoms with Gasteiger partial charge in [-0.3, -0.25) is 19.1 Å². The molecular weight excluding hydrogens is 508 g/mol. The van der Waals surface area contributed by atoms with Crippen molar-refractivity contribution in [1.29, 1.82) is 5.26 Å². The molecule has 0 spiro atoms. The number of hydrogen-bond acceptors (Lipinski definition) is 6. The summed E-state index contributed by atoms with van der Waals surface area (Å²) in [6, 6.07) is 13.5. The molecule has 0 aliphatic rings. The molecular formula is C26H31ClN6O3Si. The van der Waals surface area contributed by atoms with Crippen molar-refractivity contribution in [2.24, 2.45) is 5.73 Å². The molecule has 0 saturated heterocycles. The van der Waals surface area contributed by atoms with Gasteiger partial charge >= 0.3 is 0 Å². The van der Waals surface area contributed by atoms with Crippen LogP contribution in [0.3, 0.4) is 0 Å². The lowest BCUT2D eigenvalue weighted by Gasteiger charge is -2.36. The average molecular weight is 539 g/mol. The molecule has 3 aromatic rings. The van der Waals surface area contributed by atoms with Gasteiger partial charge in [0.2, 0.25) is 0 Å². The number of carbonyl (C=O) groups excluding carboxylic acids is 2. The third-order valence-corrected chi connectivity index (χ3v) is 11.3. The van der Waals surface area contributed by atoms with Crippen LogP contribution in [0.25, 0.3) is 5.69 Å². The van der Waals surface area contributed by atoms with E-state index in [1.165, 1.54) is 10.9 Å². The summed E-state index contributed by atoms with van der Waals surface area (Å²) in [5, 5.41) is 13.0. The van der Waals surface area contributed by atoms with Gasteiger partial charge in [0.15, 0.2) is 20.2 Å². The molecule has 2 amide bonds. The first kappa shape index (κ1) is 27.9. The van der Waals surface area contributed by atoms with E-state index in [9.17, 15) is 14.9 Å². The maximum atomic E-state index is 12.8. The highest BCUT2D eigenvalue weighted by molar-refractivity contribution is 6.74. The minimum atomic E-state index is -1.92. The highest BCUT2D eigenvalue weighted by Gasteiger charge is 2.37. The third kappa shape index (κ3) is 6.57. The zero-order chi connectivity index (χ0) is 27.4. The third-order valence-electron chi connectivity index (χ3n) is 6.46. The quantitative estimate of drug-likeness (QED) is 0.219. The topological polar surface area (TPSA) is 126 Å². The summed E-state index contributed by atoms with van der Waals surface area (Å²) in [6.45, 7) is 11.7. The number of nitrogens with one attached hydrogen (secondary N) is 1. The maximum Gasteiger partial charge on any atom is 0.276 e. The molecule has 0 fully saturated rings. The molecule has 0 radical (unpaired) electrons. The van der Waals surface area contributed by atoms with Crippen molar-refractivity contribution >= 4 is 43.1 Å².